The number of hydrogen-bond donors (Lipinski definition) is 1. The van der Waals surface area contributed by atoms with Crippen LogP contribution in [0.1, 0.15) is 24.9 Å². The maximum Gasteiger partial charge on any atom is 0.278 e. The second-order valence-electron chi connectivity index (χ2n) is 5.23. The molecule has 0 aliphatic carbocycles. The number of halogens is 2. The number of piperazine rings is 1. The molecule has 2 aliphatic heterocycles. The van der Waals surface area contributed by atoms with Crippen molar-refractivity contribution in [3.8, 4) is 11.5 Å². The van der Waals surface area contributed by atoms with Crippen LogP contribution in [0.5, 0.6) is 11.5 Å². The van der Waals surface area contributed by atoms with Gasteiger partial charge in [-0.2, -0.15) is 0 Å². The van der Waals surface area contributed by atoms with Crippen molar-refractivity contribution in [3.63, 3.8) is 0 Å². The van der Waals surface area contributed by atoms with Gasteiger partial charge < -0.3 is 14.8 Å². The first-order valence-corrected chi connectivity index (χ1v) is 7.23. The summed E-state index contributed by atoms with van der Waals surface area (Å²) in [6.07, 6.45) is 0.820. The van der Waals surface area contributed by atoms with Gasteiger partial charge in [0.2, 0.25) is 6.79 Å². The van der Waals surface area contributed by atoms with E-state index in [0.29, 0.717) is 17.1 Å². The van der Waals surface area contributed by atoms with Gasteiger partial charge >= 0.3 is 0 Å². The second kappa shape index (κ2) is 8.54. The average Bonchev–Trinajstić information content (AvgIpc) is 2.95. The summed E-state index contributed by atoms with van der Waals surface area (Å²) in [5.41, 5.74) is 0.832. The van der Waals surface area contributed by atoms with Crippen LogP contribution in [0.3, 0.4) is 0 Å². The van der Waals surface area contributed by atoms with E-state index in [0.717, 1.165) is 32.6 Å². The van der Waals surface area contributed by atoms with Gasteiger partial charge in [-0.25, -0.2) is 0 Å². The first kappa shape index (κ1) is 19.8. The molecular formula is C14H21Cl2N3O4. The number of fused-ring (bicyclic) bond motifs is 1. The number of nitro benzene ring substituents is 1. The third-order valence-electron chi connectivity index (χ3n) is 4.06. The summed E-state index contributed by atoms with van der Waals surface area (Å²) in [5.74, 6) is 1.06. The molecule has 9 heteroatoms. The highest BCUT2D eigenvalue weighted by Gasteiger charge is 2.30. The van der Waals surface area contributed by atoms with Crippen LogP contribution in [0.15, 0.2) is 12.1 Å². The first-order chi connectivity index (χ1) is 10.2. The Morgan fingerprint density at radius 3 is 2.43 bits per heavy atom. The van der Waals surface area contributed by atoms with Gasteiger partial charge in [0.1, 0.15) is 0 Å². The first-order valence-electron chi connectivity index (χ1n) is 7.23. The fourth-order valence-corrected chi connectivity index (χ4v) is 3.04. The lowest BCUT2D eigenvalue weighted by Crippen LogP contribution is -2.45. The van der Waals surface area contributed by atoms with Crippen LogP contribution >= 0.6 is 24.8 Å². The van der Waals surface area contributed by atoms with Gasteiger partial charge in [-0.15, -0.1) is 24.8 Å². The Hall–Kier alpha value is -1.28. The number of hydrogen-bond acceptors (Lipinski definition) is 6. The Balaban J connectivity index is 0.00000132. The summed E-state index contributed by atoms with van der Waals surface area (Å²) in [6, 6.07) is 3.29. The van der Waals surface area contributed by atoms with E-state index >= 15 is 0 Å². The molecule has 0 unspecified atom stereocenters. The van der Waals surface area contributed by atoms with Crippen molar-refractivity contribution in [2.75, 3.05) is 33.0 Å². The summed E-state index contributed by atoms with van der Waals surface area (Å²) in [4.78, 5) is 13.4. The quantitative estimate of drug-likeness (QED) is 0.652. The molecule has 1 aromatic rings. The van der Waals surface area contributed by atoms with Gasteiger partial charge in [-0.05, 0) is 12.5 Å². The molecule has 1 fully saturated rings. The molecular weight excluding hydrogens is 345 g/mol. The highest BCUT2D eigenvalue weighted by atomic mass is 35.5. The molecule has 0 aromatic heterocycles. The number of benzene rings is 1. The molecule has 3 rings (SSSR count). The summed E-state index contributed by atoms with van der Waals surface area (Å²) in [7, 11) is 0. The molecule has 1 atom stereocenters. The Labute approximate surface area is 147 Å². The Bertz CT molecular complexity index is 553. The maximum atomic E-state index is 11.4. The molecule has 0 spiro atoms. The van der Waals surface area contributed by atoms with Gasteiger partial charge in [0.25, 0.3) is 5.69 Å². The molecule has 1 saturated heterocycles. The molecule has 7 nitrogen and oxygen atoms in total. The third kappa shape index (κ3) is 3.98. The number of nitro groups is 1. The van der Waals surface area contributed by atoms with E-state index in [1.807, 2.05) is 0 Å². The largest absolute Gasteiger partial charge is 0.454 e. The van der Waals surface area contributed by atoms with Gasteiger partial charge in [0.05, 0.1) is 16.6 Å². The smallest absolute Gasteiger partial charge is 0.278 e. The van der Waals surface area contributed by atoms with Crippen molar-refractivity contribution in [2.24, 2.45) is 0 Å². The second-order valence-corrected chi connectivity index (χ2v) is 5.23. The van der Waals surface area contributed by atoms with Crippen molar-refractivity contribution >= 4 is 30.5 Å². The van der Waals surface area contributed by atoms with Crippen LogP contribution < -0.4 is 14.8 Å². The normalized spacial score (nSPS) is 17.8. The molecule has 1 aromatic carbocycles. The van der Waals surface area contributed by atoms with Gasteiger partial charge in [0.15, 0.2) is 11.5 Å². The molecule has 0 radical (unpaired) electrons. The van der Waals surface area contributed by atoms with E-state index in [1.165, 1.54) is 6.07 Å². The summed E-state index contributed by atoms with van der Waals surface area (Å²) in [6.45, 7) is 5.79. The van der Waals surface area contributed by atoms with Gasteiger partial charge in [-0.1, -0.05) is 6.92 Å². The van der Waals surface area contributed by atoms with E-state index < -0.39 is 0 Å². The Kier molecular flexibility index (Phi) is 7.34. The zero-order valence-electron chi connectivity index (χ0n) is 12.8. The topological polar surface area (TPSA) is 76.9 Å². The Morgan fingerprint density at radius 2 is 1.87 bits per heavy atom. The van der Waals surface area contributed by atoms with E-state index in [4.69, 9.17) is 9.47 Å². The minimum Gasteiger partial charge on any atom is -0.454 e. The van der Waals surface area contributed by atoms with Crippen LogP contribution in [0.4, 0.5) is 5.69 Å². The predicted octanol–water partition coefficient (Wildman–Crippen LogP) is 2.52. The maximum absolute atomic E-state index is 11.4. The van der Waals surface area contributed by atoms with E-state index in [2.05, 4.69) is 17.1 Å². The standard InChI is InChI=1S/C14H19N3O4.2ClH/c1-2-11(16-5-3-15-4-6-16)10-7-13-14(21-9-20-13)8-12(10)17(18)19;;/h7-8,11,15H,2-6,9H2,1H3;2*1H/t11-;;/m1../s1. The van der Waals surface area contributed by atoms with Crippen LogP contribution in [-0.2, 0) is 0 Å². The lowest BCUT2D eigenvalue weighted by atomic mass is 9.99. The van der Waals surface area contributed by atoms with Crippen molar-refractivity contribution in [1.29, 1.82) is 0 Å². The van der Waals surface area contributed by atoms with Crippen LogP contribution in [0.25, 0.3) is 0 Å². The number of ether oxygens (including phenoxy) is 2. The van der Waals surface area contributed by atoms with Gasteiger partial charge in [0, 0.05) is 32.2 Å². The molecule has 2 aliphatic rings. The summed E-state index contributed by atoms with van der Waals surface area (Å²) >= 11 is 0. The molecule has 1 N–H and O–H groups in total. The van der Waals surface area contributed by atoms with E-state index in [9.17, 15) is 10.1 Å². The van der Waals surface area contributed by atoms with Crippen LogP contribution in [-0.4, -0.2) is 42.8 Å². The molecule has 0 bridgehead atoms. The van der Waals surface area contributed by atoms with Crippen molar-refractivity contribution < 1.29 is 14.4 Å². The summed E-state index contributed by atoms with van der Waals surface area (Å²) in [5, 5.41) is 14.7. The molecule has 2 heterocycles. The van der Waals surface area contributed by atoms with Gasteiger partial charge in [-0.3, -0.25) is 15.0 Å². The highest BCUT2D eigenvalue weighted by Crippen LogP contribution is 2.42. The molecule has 0 amide bonds. The monoisotopic (exact) mass is 365 g/mol. The van der Waals surface area contributed by atoms with E-state index in [-0.39, 0.29) is 48.3 Å². The van der Waals surface area contributed by atoms with Crippen LogP contribution in [0, 0.1) is 10.1 Å². The number of rotatable bonds is 4. The fourth-order valence-electron chi connectivity index (χ4n) is 3.04. The fraction of sp³-hybridized carbons (Fsp3) is 0.571. The number of nitrogens with zero attached hydrogens (tertiary/aromatic N) is 2. The zero-order chi connectivity index (χ0) is 14.8. The van der Waals surface area contributed by atoms with E-state index in [1.54, 1.807) is 6.07 Å². The molecule has 23 heavy (non-hydrogen) atoms. The zero-order valence-corrected chi connectivity index (χ0v) is 14.5. The number of nitrogens with one attached hydrogen (secondary N) is 1. The highest BCUT2D eigenvalue weighted by molar-refractivity contribution is 5.85. The minimum absolute atomic E-state index is 0. The molecule has 0 saturated carbocycles. The molecule has 130 valence electrons. The lowest BCUT2D eigenvalue weighted by Gasteiger charge is -2.34. The third-order valence-corrected chi connectivity index (χ3v) is 4.06. The Morgan fingerprint density at radius 1 is 1.26 bits per heavy atom. The van der Waals surface area contributed by atoms with Crippen LogP contribution in [0.2, 0.25) is 0 Å². The van der Waals surface area contributed by atoms with Crippen molar-refractivity contribution in [1.82, 2.24) is 10.2 Å². The predicted molar refractivity (Wildman–Crippen MR) is 91.2 cm³/mol. The van der Waals surface area contributed by atoms with Crippen molar-refractivity contribution in [3.05, 3.63) is 27.8 Å². The SMILES string of the molecule is CC[C@H](c1cc2c(cc1[N+](=O)[O-])OCO2)N1CCNCC1.Cl.Cl. The lowest BCUT2D eigenvalue weighted by molar-refractivity contribution is -0.386. The summed E-state index contributed by atoms with van der Waals surface area (Å²) < 4.78 is 10.6. The van der Waals surface area contributed by atoms with Crippen molar-refractivity contribution in [2.45, 2.75) is 19.4 Å². The minimum atomic E-state index is -0.331. The average molecular weight is 366 g/mol.